The van der Waals surface area contributed by atoms with Crippen LogP contribution in [0, 0.1) is 13.8 Å². The van der Waals surface area contributed by atoms with E-state index < -0.39 is 0 Å². The fraction of sp³-hybridized carbons (Fsp3) is 0.118. The summed E-state index contributed by atoms with van der Waals surface area (Å²) < 4.78 is 0. The molecule has 24 heavy (non-hydrogen) atoms. The summed E-state index contributed by atoms with van der Waals surface area (Å²) in [5.41, 5.74) is 3.95. The first-order chi connectivity index (χ1) is 11.5. The van der Waals surface area contributed by atoms with E-state index in [-0.39, 0.29) is 0 Å². The van der Waals surface area contributed by atoms with Crippen molar-refractivity contribution in [1.29, 1.82) is 0 Å². The third-order valence-corrected chi connectivity index (χ3v) is 4.17. The molecule has 2 N–H and O–H groups in total. The van der Waals surface area contributed by atoms with Crippen LogP contribution in [0.1, 0.15) is 11.1 Å². The van der Waals surface area contributed by atoms with E-state index in [9.17, 15) is 0 Å². The summed E-state index contributed by atoms with van der Waals surface area (Å²) >= 11 is 12.1. The Bertz CT molecular complexity index is 863. The third-order valence-electron chi connectivity index (χ3n) is 3.60. The highest BCUT2D eigenvalue weighted by Crippen LogP contribution is 2.28. The molecule has 0 saturated carbocycles. The predicted octanol–water partition coefficient (Wildman–Crippen LogP) is 5.28. The van der Waals surface area contributed by atoms with Gasteiger partial charge in [0.25, 0.3) is 0 Å². The Balaban J connectivity index is 1.84. The molecule has 7 heteroatoms. The maximum atomic E-state index is 6.14. The maximum Gasteiger partial charge on any atom is 0.249 e. The summed E-state index contributed by atoms with van der Waals surface area (Å²) in [5, 5.41) is 15.3. The monoisotopic (exact) mass is 359 g/mol. The zero-order valence-electron chi connectivity index (χ0n) is 13.1. The molecular formula is C17H15Cl2N5. The zero-order valence-corrected chi connectivity index (χ0v) is 14.7. The van der Waals surface area contributed by atoms with Gasteiger partial charge in [0.15, 0.2) is 5.82 Å². The lowest BCUT2D eigenvalue weighted by Gasteiger charge is -2.11. The van der Waals surface area contributed by atoms with E-state index in [0.29, 0.717) is 27.5 Å². The average molecular weight is 360 g/mol. The molecule has 0 amide bonds. The molecule has 0 aliphatic rings. The van der Waals surface area contributed by atoms with Crippen molar-refractivity contribution in [2.75, 3.05) is 10.6 Å². The molecule has 0 aliphatic carbocycles. The summed E-state index contributed by atoms with van der Waals surface area (Å²) in [7, 11) is 0. The first-order valence-electron chi connectivity index (χ1n) is 7.28. The van der Waals surface area contributed by atoms with Gasteiger partial charge in [0.1, 0.15) is 0 Å². The van der Waals surface area contributed by atoms with E-state index in [4.69, 9.17) is 23.2 Å². The van der Waals surface area contributed by atoms with E-state index in [0.717, 1.165) is 11.3 Å². The Morgan fingerprint density at radius 1 is 0.958 bits per heavy atom. The molecule has 0 saturated heterocycles. The zero-order chi connectivity index (χ0) is 17.1. The van der Waals surface area contributed by atoms with Crippen LogP contribution in [0.4, 0.5) is 23.1 Å². The lowest BCUT2D eigenvalue weighted by molar-refractivity contribution is 0.982. The number of anilines is 4. The Morgan fingerprint density at radius 2 is 1.79 bits per heavy atom. The van der Waals surface area contributed by atoms with E-state index >= 15 is 0 Å². The highest BCUT2D eigenvalue weighted by molar-refractivity contribution is 6.35. The van der Waals surface area contributed by atoms with Gasteiger partial charge in [-0.15, -0.1) is 5.10 Å². The van der Waals surface area contributed by atoms with Crippen LogP contribution in [0.3, 0.4) is 0 Å². The van der Waals surface area contributed by atoms with Crippen LogP contribution < -0.4 is 10.6 Å². The fourth-order valence-electron chi connectivity index (χ4n) is 2.15. The summed E-state index contributed by atoms with van der Waals surface area (Å²) in [5.74, 6) is 0.911. The summed E-state index contributed by atoms with van der Waals surface area (Å²) in [6, 6.07) is 11.2. The average Bonchev–Trinajstić information content (AvgIpc) is 2.56. The number of rotatable bonds is 4. The van der Waals surface area contributed by atoms with E-state index in [1.807, 2.05) is 12.1 Å². The molecule has 0 radical (unpaired) electrons. The molecule has 122 valence electrons. The topological polar surface area (TPSA) is 62.7 Å². The van der Waals surface area contributed by atoms with Gasteiger partial charge in [-0.05, 0) is 49.2 Å². The number of nitrogens with one attached hydrogen (secondary N) is 2. The van der Waals surface area contributed by atoms with Crippen LogP contribution in [-0.2, 0) is 0 Å². The van der Waals surface area contributed by atoms with Crippen LogP contribution in [0.15, 0.2) is 42.6 Å². The Hall–Kier alpha value is -2.37. The minimum atomic E-state index is 0.328. The predicted molar refractivity (Wildman–Crippen MR) is 98.8 cm³/mol. The molecule has 1 heterocycles. The number of halogens is 2. The van der Waals surface area contributed by atoms with Gasteiger partial charge in [-0.2, -0.15) is 10.1 Å². The minimum absolute atomic E-state index is 0.328. The smallest absolute Gasteiger partial charge is 0.249 e. The van der Waals surface area contributed by atoms with Crippen LogP contribution in [-0.4, -0.2) is 15.2 Å². The maximum absolute atomic E-state index is 6.14. The molecule has 3 aromatic rings. The third kappa shape index (κ3) is 3.75. The van der Waals surface area contributed by atoms with Crippen molar-refractivity contribution in [3.8, 4) is 0 Å². The summed E-state index contributed by atoms with van der Waals surface area (Å²) in [6.07, 6.45) is 1.56. The minimum Gasteiger partial charge on any atom is -0.339 e. The van der Waals surface area contributed by atoms with Gasteiger partial charge in [-0.3, -0.25) is 0 Å². The van der Waals surface area contributed by atoms with Crippen LogP contribution in [0.25, 0.3) is 0 Å². The summed E-state index contributed by atoms with van der Waals surface area (Å²) in [6.45, 7) is 4.12. The second-order valence-corrected chi connectivity index (χ2v) is 6.13. The van der Waals surface area contributed by atoms with Gasteiger partial charge in [-0.1, -0.05) is 35.3 Å². The Labute approximate surface area is 150 Å². The first-order valence-corrected chi connectivity index (χ1v) is 8.03. The highest BCUT2D eigenvalue weighted by Gasteiger charge is 2.07. The molecular weight excluding hydrogens is 345 g/mol. The first kappa shape index (κ1) is 16.5. The van der Waals surface area contributed by atoms with Crippen LogP contribution in [0.5, 0.6) is 0 Å². The molecule has 0 bridgehead atoms. The lowest BCUT2D eigenvalue weighted by Crippen LogP contribution is -2.03. The number of aryl methyl sites for hydroxylation is 1. The van der Waals surface area contributed by atoms with E-state index in [1.54, 1.807) is 24.4 Å². The molecule has 0 fully saturated rings. The largest absolute Gasteiger partial charge is 0.339 e. The molecule has 5 nitrogen and oxygen atoms in total. The van der Waals surface area contributed by atoms with Gasteiger partial charge < -0.3 is 10.6 Å². The molecule has 0 atom stereocenters. The number of hydrogen-bond acceptors (Lipinski definition) is 5. The lowest BCUT2D eigenvalue weighted by atomic mass is 10.1. The second-order valence-electron chi connectivity index (χ2n) is 5.29. The standard InChI is InChI=1S/C17H15Cl2N5/c1-10-4-3-5-14(11(10)2)21-16-9-20-24-17(23-16)22-15-8-12(18)6-7-13(15)19/h3-9H,1-2H3,(H2,21,22,23,24). The number of nitrogens with zero attached hydrogens (tertiary/aromatic N) is 3. The number of benzene rings is 2. The summed E-state index contributed by atoms with van der Waals surface area (Å²) in [4.78, 5) is 4.41. The number of hydrogen-bond donors (Lipinski definition) is 2. The van der Waals surface area contributed by atoms with Crippen molar-refractivity contribution in [1.82, 2.24) is 15.2 Å². The van der Waals surface area contributed by atoms with E-state index in [2.05, 4.69) is 45.7 Å². The second kappa shape index (κ2) is 7.03. The van der Waals surface area contributed by atoms with E-state index in [1.165, 1.54) is 5.56 Å². The Morgan fingerprint density at radius 3 is 2.62 bits per heavy atom. The van der Waals surface area contributed by atoms with Crippen molar-refractivity contribution < 1.29 is 0 Å². The van der Waals surface area contributed by atoms with Gasteiger partial charge in [0.05, 0.1) is 16.9 Å². The van der Waals surface area contributed by atoms with Gasteiger partial charge >= 0.3 is 0 Å². The van der Waals surface area contributed by atoms with Gasteiger partial charge in [0, 0.05) is 10.7 Å². The van der Waals surface area contributed by atoms with Crippen molar-refractivity contribution >= 4 is 46.3 Å². The van der Waals surface area contributed by atoms with Crippen molar-refractivity contribution in [2.24, 2.45) is 0 Å². The van der Waals surface area contributed by atoms with Crippen molar-refractivity contribution in [2.45, 2.75) is 13.8 Å². The molecule has 0 spiro atoms. The van der Waals surface area contributed by atoms with Crippen LogP contribution in [0.2, 0.25) is 10.0 Å². The van der Waals surface area contributed by atoms with Gasteiger partial charge in [-0.25, -0.2) is 0 Å². The fourth-order valence-corrected chi connectivity index (χ4v) is 2.49. The number of aromatic nitrogens is 3. The quantitative estimate of drug-likeness (QED) is 0.663. The molecule has 0 unspecified atom stereocenters. The van der Waals surface area contributed by atoms with Crippen LogP contribution >= 0.6 is 23.2 Å². The molecule has 1 aromatic heterocycles. The highest BCUT2D eigenvalue weighted by atomic mass is 35.5. The van der Waals surface area contributed by atoms with Gasteiger partial charge in [0.2, 0.25) is 5.95 Å². The Kier molecular flexibility index (Phi) is 4.83. The normalized spacial score (nSPS) is 10.5. The van der Waals surface area contributed by atoms with Crippen molar-refractivity contribution in [3.63, 3.8) is 0 Å². The molecule has 0 aliphatic heterocycles. The molecule has 3 rings (SSSR count). The molecule has 2 aromatic carbocycles. The SMILES string of the molecule is Cc1cccc(Nc2cnnc(Nc3cc(Cl)ccc3Cl)n2)c1C. The van der Waals surface area contributed by atoms with Crippen molar-refractivity contribution in [3.05, 3.63) is 63.8 Å².